The van der Waals surface area contributed by atoms with Crippen molar-refractivity contribution in [2.45, 2.75) is 25.7 Å². The van der Waals surface area contributed by atoms with Crippen LogP contribution in [0.4, 0.5) is 4.79 Å². The van der Waals surface area contributed by atoms with Crippen molar-refractivity contribution in [1.29, 1.82) is 0 Å². The second kappa shape index (κ2) is 7.84. The van der Waals surface area contributed by atoms with Gasteiger partial charge in [0.05, 0.1) is 4.91 Å². The van der Waals surface area contributed by atoms with Gasteiger partial charge in [-0.05, 0) is 52.7 Å². The first-order chi connectivity index (χ1) is 11.5. The molecule has 0 N–H and O–H groups in total. The van der Waals surface area contributed by atoms with Crippen LogP contribution >= 0.6 is 39.0 Å². The molecule has 2 aliphatic heterocycles. The standard InChI is InChI=1S/C16H17BrN2O3S2/c17-11-7-12(23-10-11)8-13-15(21)19(16(22)24-13)9-14(20)18-5-3-1-2-4-6-18/h7-8,10H,1-6,9H2. The van der Waals surface area contributed by atoms with E-state index in [-0.39, 0.29) is 23.6 Å². The van der Waals surface area contributed by atoms with E-state index in [1.807, 2.05) is 11.4 Å². The predicted octanol–water partition coefficient (Wildman–Crippen LogP) is 3.95. The summed E-state index contributed by atoms with van der Waals surface area (Å²) in [5.41, 5.74) is 0. The summed E-state index contributed by atoms with van der Waals surface area (Å²) >= 11 is 5.75. The van der Waals surface area contributed by atoms with E-state index in [2.05, 4.69) is 15.9 Å². The van der Waals surface area contributed by atoms with Crippen LogP contribution in [-0.4, -0.2) is 46.5 Å². The summed E-state index contributed by atoms with van der Waals surface area (Å²) < 4.78 is 0.939. The molecule has 3 heterocycles. The average Bonchev–Trinajstić information content (AvgIpc) is 2.94. The van der Waals surface area contributed by atoms with Crippen LogP contribution in [0.1, 0.15) is 30.6 Å². The number of carbonyl (C=O) groups is 3. The molecule has 3 rings (SSSR count). The topological polar surface area (TPSA) is 57.7 Å². The predicted molar refractivity (Wildman–Crippen MR) is 99.7 cm³/mol. The molecule has 3 amide bonds. The lowest BCUT2D eigenvalue weighted by Gasteiger charge is -2.22. The number of nitrogens with zero attached hydrogens (tertiary/aromatic N) is 2. The molecule has 1 aromatic rings. The van der Waals surface area contributed by atoms with Crippen LogP contribution < -0.4 is 0 Å². The average molecular weight is 429 g/mol. The second-order valence-electron chi connectivity index (χ2n) is 5.73. The summed E-state index contributed by atoms with van der Waals surface area (Å²) in [6.45, 7) is 1.28. The van der Waals surface area contributed by atoms with E-state index < -0.39 is 0 Å². The molecular weight excluding hydrogens is 412 g/mol. The first-order valence-corrected chi connectivity index (χ1v) is 10.3. The third kappa shape index (κ3) is 4.10. The Morgan fingerprint density at radius 1 is 1.21 bits per heavy atom. The van der Waals surface area contributed by atoms with Gasteiger partial charge in [0.25, 0.3) is 11.1 Å². The van der Waals surface area contributed by atoms with Crippen molar-refractivity contribution in [1.82, 2.24) is 9.80 Å². The van der Waals surface area contributed by atoms with Gasteiger partial charge in [-0.2, -0.15) is 0 Å². The molecule has 2 fully saturated rings. The highest BCUT2D eigenvalue weighted by molar-refractivity contribution is 9.10. The van der Waals surface area contributed by atoms with Crippen LogP contribution in [0.15, 0.2) is 20.8 Å². The maximum Gasteiger partial charge on any atom is 0.294 e. The Labute approximate surface area is 157 Å². The summed E-state index contributed by atoms with van der Waals surface area (Å²) in [5.74, 6) is -0.517. The van der Waals surface area contributed by atoms with Crippen molar-refractivity contribution in [2.24, 2.45) is 0 Å². The van der Waals surface area contributed by atoms with Gasteiger partial charge in [-0.3, -0.25) is 19.3 Å². The molecule has 0 aromatic carbocycles. The summed E-state index contributed by atoms with van der Waals surface area (Å²) in [4.78, 5) is 41.1. The SMILES string of the molecule is O=C(CN1C(=O)SC(=Cc2cc(Br)cs2)C1=O)N1CCCCCC1. The zero-order valence-electron chi connectivity index (χ0n) is 13.0. The zero-order valence-corrected chi connectivity index (χ0v) is 16.2. The van der Waals surface area contributed by atoms with Crippen LogP contribution in [0, 0.1) is 0 Å². The van der Waals surface area contributed by atoms with Gasteiger partial charge < -0.3 is 4.90 Å². The fourth-order valence-electron chi connectivity index (χ4n) is 2.72. The van der Waals surface area contributed by atoms with Gasteiger partial charge in [0, 0.05) is 27.8 Å². The Bertz CT molecular complexity index is 693. The van der Waals surface area contributed by atoms with Crippen molar-refractivity contribution in [3.05, 3.63) is 25.7 Å². The molecular formula is C16H17BrN2O3S2. The van der Waals surface area contributed by atoms with Crippen molar-refractivity contribution < 1.29 is 14.4 Å². The van der Waals surface area contributed by atoms with Gasteiger partial charge in [0.1, 0.15) is 6.54 Å². The molecule has 0 bridgehead atoms. The molecule has 24 heavy (non-hydrogen) atoms. The highest BCUT2D eigenvalue weighted by Crippen LogP contribution is 2.33. The Hall–Kier alpha value is -1.12. The molecule has 0 atom stereocenters. The Kier molecular flexibility index (Phi) is 5.78. The summed E-state index contributed by atoms with van der Waals surface area (Å²) in [5, 5.41) is 1.55. The van der Waals surface area contributed by atoms with Gasteiger partial charge in [-0.1, -0.05) is 12.8 Å². The van der Waals surface area contributed by atoms with Crippen molar-refractivity contribution in [2.75, 3.05) is 19.6 Å². The number of rotatable bonds is 3. The van der Waals surface area contributed by atoms with Gasteiger partial charge >= 0.3 is 0 Å². The first kappa shape index (κ1) is 17.7. The van der Waals surface area contributed by atoms with E-state index in [9.17, 15) is 14.4 Å². The molecule has 0 saturated carbocycles. The number of imide groups is 1. The second-order valence-corrected chi connectivity index (χ2v) is 8.58. The maximum atomic E-state index is 12.5. The molecule has 0 unspecified atom stereocenters. The lowest BCUT2D eigenvalue weighted by atomic mass is 10.2. The molecule has 5 nitrogen and oxygen atoms in total. The molecule has 8 heteroatoms. The van der Waals surface area contributed by atoms with Gasteiger partial charge in [-0.15, -0.1) is 11.3 Å². The lowest BCUT2D eigenvalue weighted by molar-refractivity contribution is -0.135. The van der Waals surface area contributed by atoms with Gasteiger partial charge in [0.15, 0.2) is 0 Å². The Balaban J connectivity index is 1.67. The van der Waals surface area contributed by atoms with E-state index in [1.54, 1.807) is 11.0 Å². The molecule has 128 valence electrons. The maximum absolute atomic E-state index is 12.5. The summed E-state index contributed by atoms with van der Waals surface area (Å²) in [6, 6.07) is 1.89. The number of carbonyl (C=O) groups excluding carboxylic acids is 3. The van der Waals surface area contributed by atoms with Gasteiger partial charge in [0.2, 0.25) is 5.91 Å². The molecule has 2 saturated heterocycles. The number of thioether (sulfide) groups is 1. The Morgan fingerprint density at radius 2 is 1.92 bits per heavy atom. The smallest absolute Gasteiger partial charge is 0.294 e. The quantitative estimate of drug-likeness (QED) is 0.683. The fraction of sp³-hybridized carbons (Fsp3) is 0.438. The van der Waals surface area contributed by atoms with E-state index in [0.717, 1.165) is 51.7 Å². The van der Waals surface area contributed by atoms with Crippen LogP contribution in [0.25, 0.3) is 6.08 Å². The molecule has 0 spiro atoms. The number of amides is 3. The first-order valence-electron chi connectivity index (χ1n) is 7.82. The normalized spacial score (nSPS) is 20.8. The minimum absolute atomic E-state index is 0.140. The van der Waals surface area contributed by atoms with E-state index >= 15 is 0 Å². The van der Waals surface area contributed by atoms with Gasteiger partial charge in [-0.25, -0.2) is 0 Å². The van der Waals surface area contributed by atoms with Crippen LogP contribution in [0.2, 0.25) is 0 Å². The monoisotopic (exact) mass is 428 g/mol. The van der Waals surface area contributed by atoms with Crippen LogP contribution in [0.3, 0.4) is 0 Å². The fourth-order valence-corrected chi connectivity index (χ4v) is 5.00. The van der Waals surface area contributed by atoms with E-state index in [0.29, 0.717) is 18.0 Å². The lowest BCUT2D eigenvalue weighted by Crippen LogP contribution is -2.42. The third-order valence-corrected chi connectivity index (χ3v) is 6.53. The number of hydrogen-bond acceptors (Lipinski definition) is 5. The summed E-state index contributed by atoms with van der Waals surface area (Å²) in [7, 11) is 0. The van der Waals surface area contributed by atoms with Crippen molar-refractivity contribution >= 4 is 62.2 Å². The van der Waals surface area contributed by atoms with E-state index in [4.69, 9.17) is 0 Å². The van der Waals surface area contributed by atoms with Crippen LogP contribution in [-0.2, 0) is 9.59 Å². The minimum Gasteiger partial charge on any atom is -0.341 e. The number of likely N-dealkylation sites (tertiary alicyclic amines) is 1. The van der Waals surface area contributed by atoms with Crippen LogP contribution in [0.5, 0.6) is 0 Å². The molecule has 1 aromatic heterocycles. The third-order valence-electron chi connectivity index (χ3n) is 3.99. The molecule has 0 aliphatic carbocycles. The highest BCUT2D eigenvalue weighted by Gasteiger charge is 2.37. The molecule has 0 radical (unpaired) electrons. The highest BCUT2D eigenvalue weighted by atomic mass is 79.9. The minimum atomic E-state index is -0.377. The Morgan fingerprint density at radius 3 is 2.54 bits per heavy atom. The van der Waals surface area contributed by atoms with Crippen molar-refractivity contribution in [3.8, 4) is 0 Å². The van der Waals surface area contributed by atoms with E-state index in [1.165, 1.54) is 11.3 Å². The largest absolute Gasteiger partial charge is 0.341 e. The number of halogens is 1. The molecule has 2 aliphatic rings. The summed E-state index contributed by atoms with van der Waals surface area (Å²) in [6.07, 6.45) is 5.94. The number of thiophene rings is 1. The zero-order chi connectivity index (χ0) is 17.1. The number of hydrogen-bond donors (Lipinski definition) is 0. The van der Waals surface area contributed by atoms with Crippen molar-refractivity contribution in [3.63, 3.8) is 0 Å².